The number of nitrogens with one attached hydrogen (secondary N) is 2. The van der Waals surface area contributed by atoms with E-state index in [-0.39, 0.29) is 23.8 Å². The Bertz CT molecular complexity index is 721. The molecule has 2 amide bonds. The Hall–Kier alpha value is -2.73. The van der Waals surface area contributed by atoms with Gasteiger partial charge in [0, 0.05) is 44.6 Å². The van der Waals surface area contributed by atoms with Gasteiger partial charge in [0.25, 0.3) is 5.91 Å². The Morgan fingerprint density at radius 3 is 2.64 bits per heavy atom. The van der Waals surface area contributed by atoms with Crippen LogP contribution < -0.4 is 10.6 Å². The highest BCUT2D eigenvalue weighted by atomic mass is 16.2. The Labute approximate surface area is 147 Å². The molecule has 1 aromatic heterocycles. The molecule has 2 heterocycles. The van der Waals surface area contributed by atoms with Crippen LogP contribution in [0.5, 0.6) is 0 Å². The summed E-state index contributed by atoms with van der Waals surface area (Å²) in [5, 5.41) is 5.72. The second kappa shape index (κ2) is 7.90. The lowest BCUT2D eigenvalue weighted by molar-refractivity contribution is -0.124. The Balaban J connectivity index is 1.69. The molecule has 6 heteroatoms. The zero-order chi connectivity index (χ0) is 17.6. The van der Waals surface area contributed by atoms with Crippen LogP contribution in [0, 0.1) is 5.92 Å². The highest BCUT2D eigenvalue weighted by Crippen LogP contribution is 2.20. The lowest BCUT2D eigenvalue weighted by atomic mass is 10.0. The van der Waals surface area contributed by atoms with Gasteiger partial charge in [-0.3, -0.25) is 19.5 Å². The van der Waals surface area contributed by atoms with Gasteiger partial charge in [-0.15, -0.1) is 0 Å². The van der Waals surface area contributed by atoms with E-state index in [1.165, 1.54) is 0 Å². The number of hydrogen-bond donors (Lipinski definition) is 2. The fourth-order valence-corrected chi connectivity index (χ4v) is 3.20. The molecule has 0 aliphatic carbocycles. The summed E-state index contributed by atoms with van der Waals surface area (Å²) in [6, 6.07) is 12.8. The fraction of sp³-hybridized carbons (Fsp3) is 0.316. The molecule has 1 aromatic carbocycles. The third-order valence-corrected chi connectivity index (χ3v) is 4.46. The summed E-state index contributed by atoms with van der Waals surface area (Å²) in [6.45, 7) is 1.94. The first-order valence-electron chi connectivity index (χ1n) is 8.36. The molecule has 1 aliphatic rings. The van der Waals surface area contributed by atoms with Crippen molar-refractivity contribution in [3.63, 3.8) is 0 Å². The van der Waals surface area contributed by atoms with Crippen molar-refractivity contribution in [2.45, 2.75) is 12.6 Å². The Morgan fingerprint density at radius 2 is 1.96 bits per heavy atom. The number of hydrogen-bond acceptors (Lipinski definition) is 4. The number of carbonyl (C=O) groups excluding carboxylic acids is 2. The van der Waals surface area contributed by atoms with Gasteiger partial charge in [-0.05, 0) is 23.8 Å². The van der Waals surface area contributed by atoms with E-state index < -0.39 is 0 Å². The lowest BCUT2D eigenvalue weighted by Crippen LogP contribution is -2.45. The number of amides is 2. The highest BCUT2D eigenvalue weighted by Gasteiger charge is 2.38. The molecule has 2 N–H and O–H groups in total. The van der Waals surface area contributed by atoms with Crippen molar-refractivity contribution in [2.24, 2.45) is 5.92 Å². The van der Waals surface area contributed by atoms with Crippen molar-refractivity contribution in [3.8, 4) is 0 Å². The van der Waals surface area contributed by atoms with Crippen molar-refractivity contribution < 1.29 is 9.59 Å². The molecule has 130 valence electrons. The van der Waals surface area contributed by atoms with Gasteiger partial charge in [0.2, 0.25) is 5.91 Å². The van der Waals surface area contributed by atoms with Crippen LogP contribution in [0.25, 0.3) is 0 Å². The topological polar surface area (TPSA) is 74.3 Å². The largest absolute Gasteiger partial charge is 0.359 e. The summed E-state index contributed by atoms with van der Waals surface area (Å²) < 4.78 is 0. The molecule has 2 atom stereocenters. The number of likely N-dealkylation sites (tertiary alicyclic amines) is 1. The molecule has 6 nitrogen and oxygen atoms in total. The number of carbonyl (C=O) groups is 2. The predicted octanol–water partition coefficient (Wildman–Crippen LogP) is 1.06. The van der Waals surface area contributed by atoms with Gasteiger partial charge in [-0.1, -0.05) is 24.3 Å². The molecule has 1 aliphatic heterocycles. The average Bonchev–Trinajstić information content (AvgIpc) is 3.04. The fourth-order valence-electron chi connectivity index (χ4n) is 3.20. The smallest absolute Gasteiger partial charge is 0.251 e. The van der Waals surface area contributed by atoms with Crippen LogP contribution >= 0.6 is 0 Å². The van der Waals surface area contributed by atoms with E-state index in [4.69, 9.17) is 0 Å². The van der Waals surface area contributed by atoms with Crippen LogP contribution in [0.2, 0.25) is 0 Å². The minimum absolute atomic E-state index is 0.0490. The number of pyridine rings is 1. The first kappa shape index (κ1) is 17.1. The standard InChI is InChI=1S/C19H22N4O2/c1-20-19(25)16-12-23(11-14-6-5-9-21-10-14)13-17(16)22-18(24)15-7-3-2-4-8-15/h2-10,16-17H,11-13H2,1H3,(H,20,25)(H,22,24)/t16-,17-/m0/s1. The second-order valence-electron chi connectivity index (χ2n) is 6.22. The quantitative estimate of drug-likeness (QED) is 0.855. The molecule has 0 unspecified atom stereocenters. The van der Waals surface area contributed by atoms with Crippen molar-refractivity contribution in [3.05, 3.63) is 66.0 Å². The highest BCUT2D eigenvalue weighted by molar-refractivity contribution is 5.94. The molecule has 1 fully saturated rings. The normalized spacial score (nSPS) is 20.2. The average molecular weight is 338 g/mol. The van der Waals surface area contributed by atoms with E-state index in [0.717, 1.165) is 5.56 Å². The number of rotatable bonds is 5. The number of nitrogens with zero attached hydrogens (tertiary/aromatic N) is 2. The summed E-state index contributed by atoms with van der Waals surface area (Å²) in [5.41, 5.74) is 1.69. The number of aromatic nitrogens is 1. The van der Waals surface area contributed by atoms with Crippen molar-refractivity contribution in [2.75, 3.05) is 20.1 Å². The van der Waals surface area contributed by atoms with Crippen molar-refractivity contribution in [1.29, 1.82) is 0 Å². The number of benzene rings is 1. The summed E-state index contributed by atoms with van der Waals surface area (Å²) in [7, 11) is 1.63. The predicted molar refractivity (Wildman–Crippen MR) is 94.8 cm³/mol. The van der Waals surface area contributed by atoms with Crippen LogP contribution in [0.1, 0.15) is 15.9 Å². The van der Waals surface area contributed by atoms with Gasteiger partial charge in [0.1, 0.15) is 0 Å². The van der Waals surface area contributed by atoms with Crippen LogP contribution in [0.4, 0.5) is 0 Å². The zero-order valence-electron chi connectivity index (χ0n) is 14.2. The van der Waals surface area contributed by atoms with Crippen molar-refractivity contribution >= 4 is 11.8 Å². The summed E-state index contributed by atoms with van der Waals surface area (Å²) in [6.07, 6.45) is 3.56. The van der Waals surface area contributed by atoms with Gasteiger partial charge >= 0.3 is 0 Å². The van der Waals surface area contributed by atoms with E-state index >= 15 is 0 Å². The third-order valence-electron chi connectivity index (χ3n) is 4.46. The van der Waals surface area contributed by atoms with E-state index in [1.807, 2.05) is 36.5 Å². The van der Waals surface area contributed by atoms with Crippen LogP contribution in [-0.4, -0.2) is 47.9 Å². The van der Waals surface area contributed by atoms with E-state index in [0.29, 0.717) is 25.2 Å². The van der Waals surface area contributed by atoms with Crippen LogP contribution in [0.15, 0.2) is 54.9 Å². The maximum atomic E-state index is 12.5. The molecule has 0 bridgehead atoms. The monoisotopic (exact) mass is 338 g/mol. The van der Waals surface area contributed by atoms with Crippen LogP contribution in [-0.2, 0) is 11.3 Å². The van der Waals surface area contributed by atoms with Crippen molar-refractivity contribution in [1.82, 2.24) is 20.5 Å². The van der Waals surface area contributed by atoms with Gasteiger partial charge < -0.3 is 10.6 Å². The zero-order valence-corrected chi connectivity index (χ0v) is 14.2. The first-order valence-corrected chi connectivity index (χ1v) is 8.36. The van der Waals surface area contributed by atoms with E-state index in [1.54, 1.807) is 25.4 Å². The minimum atomic E-state index is -0.269. The summed E-state index contributed by atoms with van der Waals surface area (Å²) in [5.74, 6) is -0.468. The molecule has 2 aromatic rings. The summed E-state index contributed by atoms with van der Waals surface area (Å²) in [4.78, 5) is 31.0. The molecule has 3 rings (SSSR count). The van der Waals surface area contributed by atoms with E-state index in [9.17, 15) is 9.59 Å². The van der Waals surface area contributed by atoms with Gasteiger partial charge in [-0.25, -0.2) is 0 Å². The summed E-state index contributed by atoms with van der Waals surface area (Å²) >= 11 is 0. The Kier molecular flexibility index (Phi) is 5.40. The molecule has 0 radical (unpaired) electrons. The third kappa shape index (κ3) is 4.22. The molecule has 25 heavy (non-hydrogen) atoms. The van der Waals surface area contributed by atoms with E-state index in [2.05, 4.69) is 20.5 Å². The lowest BCUT2D eigenvalue weighted by Gasteiger charge is -2.18. The molecule has 1 saturated heterocycles. The van der Waals surface area contributed by atoms with Gasteiger partial charge in [0.15, 0.2) is 0 Å². The maximum Gasteiger partial charge on any atom is 0.251 e. The molecular formula is C19H22N4O2. The van der Waals surface area contributed by atoms with Crippen LogP contribution in [0.3, 0.4) is 0 Å². The van der Waals surface area contributed by atoms with Gasteiger partial charge in [0.05, 0.1) is 12.0 Å². The molecule has 0 spiro atoms. The Morgan fingerprint density at radius 1 is 1.16 bits per heavy atom. The maximum absolute atomic E-state index is 12.5. The second-order valence-corrected chi connectivity index (χ2v) is 6.22. The first-order chi connectivity index (χ1) is 12.2. The molecule has 0 saturated carbocycles. The minimum Gasteiger partial charge on any atom is -0.359 e. The van der Waals surface area contributed by atoms with Gasteiger partial charge in [-0.2, -0.15) is 0 Å². The molecular weight excluding hydrogens is 316 g/mol. The SMILES string of the molecule is CNC(=O)[C@H]1CN(Cc2cccnc2)C[C@@H]1NC(=O)c1ccccc1.